The van der Waals surface area contributed by atoms with Crippen LogP contribution in [0.5, 0.6) is 0 Å². The van der Waals surface area contributed by atoms with Gasteiger partial charge in [-0.25, -0.2) is 9.78 Å². The van der Waals surface area contributed by atoms with Gasteiger partial charge in [-0.3, -0.25) is 14.9 Å². The van der Waals surface area contributed by atoms with Crippen LogP contribution in [0, 0.1) is 0 Å². The third kappa shape index (κ3) is 4.98. The standard InChI is InChI=1S/C21H22ClN5O5/c22-13-1-6-18(23-10-13)25-21(31)27-11-16(28)9-17(27)20(30)24-14-2-4-15(5-3-14)26-7-8-32-12-19(26)29/h1-6,10,16-17,28H,7-9,11-12H2,(H,24,30)(H,23,25,31)/t16-,17-/m1/s1. The van der Waals surface area contributed by atoms with Crippen molar-refractivity contribution in [1.82, 2.24) is 9.88 Å². The third-order valence-electron chi connectivity index (χ3n) is 5.24. The molecule has 10 nitrogen and oxygen atoms in total. The van der Waals surface area contributed by atoms with Crippen LogP contribution >= 0.6 is 11.6 Å². The Morgan fingerprint density at radius 1 is 1.16 bits per heavy atom. The summed E-state index contributed by atoms with van der Waals surface area (Å²) in [5, 5.41) is 15.9. The van der Waals surface area contributed by atoms with E-state index in [4.69, 9.17) is 16.3 Å². The minimum absolute atomic E-state index is 0.0234. The number of β-amino-alcohol motifs (C(OH)–C–C–N with tert-alkyl or cyclic N) is 1. The number of carbonyl (C=O) groups is 3. The lowest BCUT2D eigenvalue weighted by molar-refractivity contribution is -0.125. The van der Waals surface area contributed by atoms with Crippen LogP contribution in [0.15, 0.2) is 42.6 Å². The molecular formula is C21H22ClN5O5. The third-order valence-corrected chi connectivity index (χ3v) is 5.46. The number of likely N-dealkylation sites (tertiary alicyclic amines) is 1. The number of halogens is 1. The average molecular weight is 460 g/mol. The molecule has 1 aromatic carbocycles. The van der Waals surface area contributed by atoms with Crippen LogP contribution < -0.4 is 15.5 Å². The molecule has 2 aromatic rings. The number of nitrogens with zero attached hydrogens (tertiary/aromatic N) is 3. The van der Waals surface area contributed by atoms with Crippen molar-refractivity contribution in [3.05, 3.63) is 47.6 Å². The predicted molar refractivity (Wildman–Crippen MR) is 118 cm³/mol. The molecule has 2 saturated heterocycles. The van der Waals surface area contributed by atoms with Gasteiger partial charge in [0.25, 0.3) is 5.91 Å². The van der Waals surface area contributed by atoms with Gasteiger partial charge in [-0.1, -0.05) is 11.6 Å². The van der Waals surface area contributed by atoms with Gasteiger partial charge in [0, 0.05) is 37.1 Å². The number of benzene rings is 1. The number of carbonyl (C=O) groups excluding carboxylic acids is 3. The number of ether oxygens (including phenoxy) is 1. The molecule has 2 fully saturated rings. The van der Waals surface area contributed by atoms with Crippen LogP contribution in [0.1, 0.15) is 6.42 Å². The molecule has 4 rings (SSSR count). The van der Waals surface area contributed by atoms with E-state index in [1.54, 1.807) is 41.3 Å². The lowest BCUT2D eigenvalue weighted by atomic mass is 10.1. The summed E-state index contributed by atoms with van der Waals surface area (Å²) in [4.78, 5) is 44.4. The number of amides is 4. The number of aliphatic hydroxyl groups excluding tert-OH is 1. The van der Waals surface area contributed by atoms with Gasteiger partial charge in [0.05, 0.1) is 17.7 Å². The number of aromatic nitrogens is 1. The molecule has 0 aliphatic carbocycles. The summed E-state index contributed by atoms with van der Waals surface area (Å²) >= 11 is 5.80. The molecule has 3 N–H and O–H groups in total. The van der Waals surface area contributed by atoms with E-state index in [1.165, 1.54) is 11.1 Å². The number of aliphatic hydroxyl groups is 1. The summed E-state index contributed by atoms with van der Waals surface area (Å²) in [5.41, 5.74) is 1.23. The van der Waals surface area contributed by atoms with Crippen LogP contribution in [0.25, 0.3) is 0 Å². The zero-order chi connectivity index (χ0) is 22.7. The maximum Gasteiger partial charge on any atom is 0.323 e. The summed E-state index contributed by atoms with van der Waals surface area (Å²) in [7, 11) is 0. The quantitative estimate of drug-likeness (QED) is 0.639. The van der Waals surface area contributed by atoms with Gasteiger partial charge in [0.1, 0.15) is 18.5 Å². The number of hydrogen-bond acceptors (Lipinski definition) is 6. The number of anilines is 3. The van der Waals surface area contributed by atoms with Crippen LogP contribution in [-0.4, -0.2) is 71.3 Å². The molecule has 168 valence electrons. The van der Waals surface area contributed by atoms with E-state index in [0.717, 1.165) is 0 Å². The first-order chi connectivity index (χ1) is 15.4. The van der Waals surface area contributed by atoms with Crippen molar-refractivity contribution in [2.45, 2.75) is 18.6 Å². The van der Waals surface area contributed by atoms with E-state index in [1.807, 2.05) is 0 Å². The molecule has 2 aliphatic heterocycles. The smallest absolute Gasteiger partial charge is 0.323 e. The minimum atomic E-state index is -0.849. The normalized spacial score (nSPS) is 20.9. The minimum Gasteiger partial charge on any atom is -0.391 e. The summed E-state index contributed by atoms with van der Waals surface area (Å²) in [6.45, 7) is 1.01. The van der Waals surface area contributed by atoms with E-state index in [2.05, 4.69) is 15.6 Å². The Hall–Kier alpha value is -3.21. The van der Waals surface area contributed by atoms with Gasteiger partial charge in [-0.2, -0.15) is 0 Å². The zero-order valence-electron chi connectivity index (χ0n) is 17.0. The molecule has 32 heavy (non-hydrogen) atoms. The fourth-order valence-electron chi connectivity index (χ4n) is 3.66. The van der Waals surface area contributed by atoms with Crippen LogP contribution in [-0.2, 0) is 14.3 Å². The highest BCUT2D eigenvalue weighted by atomic mass is 35.5. The number of rotatable bonds is 4. The number of pyridine rings is 1. The number of morpholine rings is 1. The van der Waals surface area contributed by atoms with E-state index >= 15 is 0 Å². The highest BCUT2D eigenvalue weighted by molar-refractivity contribution is 6.30. The molecule has 2 aliphatic rings. The first-order valence-corrected chi connectivity index (χ1v) is 10.4. The Labute approximate surface area is 189 Å². The summed E-state index contributed by atoms with van der Waals surface area (Å²) in [6, 6.07) is 8.57. The maximum absolute atomic E-state index is 12.9. The Kier molecular flexibility index (Phi) is 6.54. The van der Waals surface area contributed by atoms with Crippen molar-refractivity contribution in [2.24, 2.45) is 0 Å². The average Bonchev–Trinajstić information content (AvgIpc) is 3.18. The monoisotopic (exact) mass is 459 g/mol. The van der Waals surface area contributed by atoms with Crippen molar-refractivity contribution in [2.75, 3.05) is 41.8 Å². The van der Waals surface area contributed by atoms with Crippen molar-refractivity contribution in [3.8, 4) is 0 Å². The molecular weight excluding hydrogens is 438 g/mol. The Bertz CT molecular complexity index is 1000. The van der Waals surface area contributed by atoms with E-state index in [-0.39, 0.29) is 31.3 Å². The van der Waals surface area contributed by atoms with Gasteiger partial charge < -0.3 is 25.0 Å². The maximum atomic E-state index is 12.9. The Morgan fingerprint density at radius 3 is 2.62 bits per heavy atom. The van der Waals surface area contributed by atoms with E-state index in [0.29, 0.717) is 29.5 Å². The number of hydrogen-bond donors (Lipinski definition) is 3. The SMILES string of the molecule is O=C(Nc1ccc(N2CCOCC2=O)cc1)[C@H]1C[C@@H](O)CN1C(=O)Nc1ccc(Cl)cn1. The van der Waals surface area contributed by atoms with Gasteiger partial charge in [-0.15, -0.1) is 0 Å². The molecule has 0 spiro atoms. The van der Waals surface area contributed by atoms with Crippen LogP contribution in [0.4, 0.5) is 22.0 Å². The van der Waals surface area contributed by atoms with Crippen LogP contribution in [0.3, 0.4) is 0 Å². The highest BCUT2D eigenvalue weighted by Gasteiger charge is 2.39. The van der Waals surface area contributed by atoms with Crippen molar-refractivity contribution in [1.29, 1.82) is 0 Å². The van der Waals surface area contributed by atoms with Crippen molar-refractivity contribution < 1.29 is 24.2 Å². The van der Waals surface area contributed by atoms with Gasteiger partial charge in [0.2, 0.25) is 5.91 Å². The second kappa shape index (κ2) is 9.51. The molecule has 0 saturated carbocycles. The van der Waals surface area contributed by atoms with E-state index in [9.17, 15) is 19.5 Å². The number of nitrogens with one attached hydrogen (secondary N) is 2. The molecule has 11 heteroatoms. The predicted octanol–water partition coefficient (Wildman–Crippen LogP) is 1.70. The fraction of sp³-hybridized carbons (Fsp3) is 0.333. The Morgan fingerprint density at radius 2 is 1.94 bits per heavy atom. The van der Waals surface area contributed by atoms with Gasteiger partial charge in [0.15, 0.2) is 0 Å². The molecule has 0 radical (unpaired) electrons. The van der Waals surface area contributed by atoms with Crippen molar-refractivity contribution >= 4 is 46.6 Å². The highest BCUT2D eigenvalue weighted by Crippen LogP contribution is 2.23. The molecule has 0 bridgehead atoms. The lowest BCUT2D eigenvalue weighted by Crippen LogP contribution is -2.45. The topological polar surface area (TPSA) is 124 Å². The molecule has 3 heterocycles. The first-order valence-electron chi connectivity index (χ1n) is 10.1. The Balaban J connectivity index is 1.40. The fourth-order valence-corrected chi connectivity index (χ4v) is 3.77. The molecule has 4 amide bonds. The van der Waals surface area contributed by atoms with Crippen molar-refractivity contribution in [3.63, 3.8) is 0 Å². The summed E-state index contributed by atoms with van der Waals surface area (Å²) in [6.07, 6.45) is 0.700. The van der Waals surface area contributed by atoms with E-state index < -0.39 is 24.1 Å². The number of urea groups is 1. The summed E-state index contributed by atoms with van der Waals surface area (Å²) < 4.78 is 5.13. The molecule has 2 atom stereocenters. The largest absolute Gasteiger partial charge is 0.391 e. The van der Waals surface area contributed by atoms with Gasteiger partial charge >= 0.3 is 6.03 Å². The van der Waals surface area contributed by atoms with Gasteiger partial charge in [-0.05, 0) is 36.4 Å². The summed E-state index contributed by atoms with van der Waals surface area (Å²) in [5.74, 6) is -0.256. The van der Waals surface area contributed by atoms with Crippen LogP contribution in [0.2, 0.25) is 5.02 Å². The lowest BCUT2D eigenvalue weighted by Gasteiger charge is -2.27. The first kappa shape index (κ1) is 22.0. The second-order valence-electron chi connectivity index (χ2n) is 7.48. The molecule has 0 unspecified atom stereocenters. The second-order valence-corrected chi connectivity index (χ2v) is 7.92. The zero-order valence-corrected chi connectivity index (χ0v) is 17.8. The molecule has 1 aromatic heterocycles.